The average Bonchev–Trinajstić information content (AvgIpc) is 3.10. The van der Waals surface area contributed by atoms with Gasteiger partial charge in [-0.25, -0.2) is 0 Å². The van der Waals surface area contributed by atoms with Crippen molar-refractivity contribution in [2.45, 2.75) is 64.1 Å². The Labute approximate surface area is 118 Å². The Morgan fingerprint density at radius 2 is 1.89 bits per heavy atom. The molecule has 1 N–H and O–H groups in total. The minimum absolute atomic E-state index is 0.0453. The molecule has 5 heteroatoms. The molecule has 114 valence electrons. The van der Waals surface area contributed by atoms with Crippen LogP contribution in [0.4, 0.5) is 0 Å². The number of hydrogen-bond donors (Lipinski definition) is 1. The lowest BCUT2D eigenvalue weighted by molar-refractivity contribution is -0.0565. The van der Waals surface area contributed by atoms with E-state index in [9.17, 15) is 5.11 Å². The number of hydrogen-bond acceptors (Lipinski definition) is 4. The Balaban J connectivity index is 2.83. The van der Waals surface area contributed by atoms with Crippen LogP contribution in [0.3, 0.4) is 0 Å². The fourth-order valence-corrected chi connectivity index (χ4v) is 3.23. The van der Waals surface area contributed by atoms with Gasteiger partial charge in [0, 0.05) is 19.6 Å². The normalized spacial score (nSPS) is 24.9. The highest BCUT2D eigenvalue weighted by Crippen LogP contribution is 2.40. The minimum atomic E-state index is -1.87. The van der Waals surface area contributed by atoms with Gasteiger partial charge in [0.1, 0.15) is 6.10 Å². The van der Waals surface area contributed by atoms with E-state index in [2.05, 4.69) is 33.9 Å². The predicted octanol–water partition coefficient (Wildman–Crippen LogP) is 2.42. The summed E-state index contributed by atoms with van der Waals surface area (Å²) >= 11 is 0. The smallest absolute Gasteiger partial charge is 0.192 e. The van der Waals surface area contributed by atoms with Gasteiger partial charge >= 0.3 is 0 Å². The van der Waals surface area contributed by atoms with E-state index >= 15 is 0 Å². The van der Waals surface area contributed by atoms with Gasteiger partial charge in [-0.15, -0.1) is 0 Å². The molecule has 4 atom stereocenters. The summed E-state index contributed by atoms with van der Waals surface area (Å²) in [5.41, 5.74) is 0. The highest BCUT2D eigenvalue weighted by atomic mass is 28.4. The fraction of sp³-hybridized carbons (Fsp3) is 1.00. The van der Waals surface area contributed by atoms with Crippen LogP contribution in [0.2, 0.25) is 18.1 Å². The van der Waals surface area contributed by atoms with Crippen LogP contribution in [0.25, 0.3) is 0 Å². The molecule has 0 spiro atoms. The predicted molar refractivity (Wildman–Crippen MR) is 78.9 cm³/mol. The van der Waals surface area contributed by atoms with Crippen LogP contribution in [0.15, 0.2) is 0 Å². The van der Waals surface area contributed by atoms with E-state index in [1.54, 1.807) is 7.11 Å². The highest BCUT2D eigenvalue weighted by Gasteiger charge is 2.47. The summed E-state index contributed by atoms with van der Waals surface area (Å²) in [6.07, 6.45) is -0.0762. The second-order valence-electron chi connectivity index (χ2n) is 7.07. The highest BCUT2D eigenvalue weighted by molar-refractivity contribution is 6.74. The third kappa shape index (κ3) is 4.26. The minimum Gasteiger partial charge on any atom is -0.409 e. The van der Waals surface area contributed by atoms with E-state index in [0.29, 0.717) is 0 Å². The van der Waals surface area contributed by atoms with Gasteiger partial charge in [0.2, 0.25) is 0 Å². The number of ether oxygens (including phenoxy) is 2. The van der Waals surface area contributed by atoms with E-state index in [1.807, 2.05) is 6.92 Å². The van der Waals surface area contributed by atoms with E-state index in [4.69, 9.17) is 13.9 Å². The Kier molecular flexibility index (Phi) is 5.60. The summed E-state index contributed by atoms with van der Waals surface area (Å²) < 4.78 is 17.5. The molecule has 1 heterocycles. The molecule has 0 radical (unpaired) electrons. The van der Waals surface area contributed by atoms with Crippen molar-refractivity contribution in [3.63, 3.8) is 0 Å². The standard InChI is InChI=1S/C14H30O4Si/c1-10(8-15)12(16-5)13(11-9-17-11)18-19(6,7)14(2,3)4/h10-13,15H,8-9H2,1-7H3/t10-,11+,12-,13-/m0/s1. The second-order valence-corrected chi connectivity index (χ2v) is 11.8. The topological polar surface area (TPSA) is 51.2 Å². The molecule has 1 aliphatic heterocycles. The van der Waals surface area contributed by atoms with E-state index in [0.717, 1.165) is 6.61 Å². The first-order chi connectivity index (χ1) is 8.64. The lowest BCUT2D eigenvalue weighted by atomic mass is 9.98. The average molecular weight is 290 g/mol. The van der Waals surface area contributed by atoms with Crippen molar-refractivity contribution in [1.82, 2.24) is 0 Å². The Bertz CT molecular complexity index is 284. The summed E-state index contributed by atoms with van der Waals surface area (Å²) in [5.74, 6) is 0.0453. The summed E-state index contributed by atoms with van der Waals surface area (Å²) in [4.78, 5) is 0. The van der Waals surface area contributed by atoms with Gasteiger partial charge in [0.25, 0.3) is 0 Å². The lowest BCUT2D eigenvalue weighted by Crippen LogP contribution is -2.51. The number of rotatable bonds is 7. The van der Waals surface area contributed by atoms with Crippen LogP contribution in [-0.4, -0.2) is 52.1 Å². The maximum atomic E-state index is 9.38. The first-order valence-electron chi connectivity index (χ1n) is 7.07. The first kappa shape index (κ1) is 17.1. The zero-order valence-corrected chi connectivity index (χ0v) is 14.4. The van der Waals surface area contributed by atoms with Gasteiger partial charge < -0.3 is 19.0 Å². The molecule has 1 aliphatic rings. The molecule has 0 aromatic rings. The third-order valence-electron chi connectivity index (χ3n) is 4.41. The molecule has 19 heavy (non-hydrogen) atoms. The molecule has 1 rings (SSSR count). The molecule has 0 amide bonds. The van der Waals surface area contributed by atoms with E-state index < -0.39 is 8.32 Å². The van der Waals surface area contributed by atoms with Gasteiger partial charge in [-0.3, -0.25) is 0 Å². The monoisotopic (exact) mass is 290 g/mol. The number of aliphatic hydroxyl groups is 1. The van der Waals surface area contributed by atoms with E-state index in [-0.39, 0.29) is 35.9 Å². The van der Waals surface area contributed by atoms with Crippen LogP contribution in [0.1, 0.15) is 27.7 Å². The van der Waals surface area contributed by atoms with Crippen LogP contribution in [-0.2, 0) is 13.9 Å². The quantitative estimate of drug-likeness (QED) is 0.578. The van der Waals surface area contributed by atoms with Crippen molar-refractivity contribution in [3.8, 4) is 0 Å². The van der Waals surface area contributed by atoms with Crippen LogP contribution < -0.4 is 0 Å². The van der Waals surface area contributed by atoms with Crippen molar-refractivity contribution in [3.05, 3.63) is 0 Å². The lowest BCUT2D eigenvalue weighted by Gasteiger charge is -2.41. The number of aliphatic hydroxyl groups excluding tert-OH is 1. The fourth-order valence-electron chi connectivity index (χ4n) is 1.91. The van der Waals surface area contributed by atoms with Crippen molar-refractivity contribution >= 4 is 8.32 Å². The van der Waals surface area contributed by atoms with Crippen LogP contribution in [0, 0.1) is 5.92 Å². The SMILES string of the molecule is CO[C@H]([C@@H](O[Si](C)(C)C(C)(C)C)[C@H]1CO1)[C@@H](C)CO. The molecule has 0 bridgehead atoms. The summed E-state index contributed by atoms with van der Waals surface area (Å²) in [5, 5.41) is 9.53. The number of epoxide rings is 1. The molecule has 0 unspecified atom stereocenters. The Morgan fingerprint density at radius 1 is 1.37 bits per heavy atom. The summed E-state index contributed by atoms with van der Waals surface area (Å²) in [7, 11) is -0.188. The third-order valence-corrected chi connectivity index (χ3v) is 8.88. The van der Waals surface area contributed by atoms with Gasteiger partial charge in [-0.1, -0.05) is 27.7 Å². The van der Waals surface area contributed by atoms with Gasteiger partial charge in [0.05, 0.1) is 18.8 Å². The van der Waals surface area contributed by atoms with Crippen molar-refractivity contribution in [2.24, 2.45) is 5.92 Å². The molecule has 0 saturated carbocycles. The zero-order valence-electron chi connectivity index (χ0n) is 13.4. The molecule has 0 aromatic heterocycles. The maximum absolute atomic E-state index is 9.38. The first-order valence-corrected chi connectivity index (χ1v) is 9.98. The molecule has 4 nitrogen and oxygen atoms in total. The molecule has 0 aromatic carbocycles. The molecular weight excluding hydrogens is 260 g/mol. The van der Waals surface area contributed by atoms with Gasteiger partial charge in [0.15, 0.2) is 8.32 Å². The zero-order chi connectivity index (χ0) is 14.8. The van der Waals surface area contributed by atoms with E-state index in [1.165, 1.54) is 0 Å². The number of methoxy groups -OCH3 is 1. The second kappa shape index (κ2) is 6.22. The summed E-state index contributed by atoms with van der Waals surface area (Å²) in [6, 6.07) is 0. The van der Waals surface area contributed by atoms with Crippen molar-refractivity contribution in [1.29, 1.82) is 0 Å². The Morgan fingerprint density at radius 3 is 2.21 bits per heavy atom. The molecule has 0 aliphatic carbocycles. The van der Waals surface area contributed by atoms with Crippen molar-refractivity contribution in [2.75, 3.05) is 20.3 Å². The van der Waals surface area contributed by atoms with Gasteiger partial charge in [-0.2, -0.15) is 0 Å². The maximum Gasteiger partial charge on any atom is 0.192 e. The van der Waals surface area contributed by atoms with Crippen LogP contribution in [0.5, 0.6) is 0 Å². The summed E-state index contributed by atoms with van der Waals surface area (Å²) in [6.45, 7) is 14.0. The molecule has 1 saturated heterocycles. The van der Waals surface area contributed by atoms with Crippen molar-refractivity contribution < 1.29 is 19.0 Å². The molecular formula is C14H30O4Si. The van der Waals surface area contributed by atoms with Crippen LogP contribution >= 0.6 is 0 Å². The van der Waals surface area contributed by atoms with Gasteiger partial charge in [-0.05, 0) is 18.1 Å². The largest absolute Gasteiger partial charge is 0.409 e. The molecule has 1 fully saturated rings. The Hall–Kier alpha value is 0.0569.